The van der Waals surface area contributed by atoms with Crippen molar-refractivity contribution in [2.45, 2.75) is 17.9 Å². The van der Waals surface area contributed by atoms with Crippen molar-refractivity contribution in [3.8, 4) is 11.5 Å². The van der Waals surface area contributed by atoms with E-state index in [0.717, 1.165) is 23.5 Å². The van der Waals surface area contributed by atoms with Crippen LogP contribution >= 0.6 is 24.0 Å². The molecule has 0 aliphatic carbocycles. The zero-order valence-corrected chi connectivity index (χ0v) is 18.0. The summed E-state index contributed by atoms with van der Waals surface area (Å²) < 4.78 is 39.8. The Kier molecular flexibility index (Phi) is 5.66. The Morgan fingerprint density at radius 2 is 1.76 bits per heavy atom. The van der Waals surface area contributed by atoms with E-state index in [1.54, 1.807) is 0 Å². The first-order chi connectivity index (χ1) is 15.5. The second kappa shape index (κ2) is 8.19. The van der Waals surface area contributed by atoms with E-state index in [4.69, 9.17) is 0 Å². The van der Waals surface area contributed by atoms with Crippen LogP contribution in [0.25, 0.3) is 10.2 Å². The molecule has 2 heterocycles. The van der Waals surface area contributed by atoms with E-state index in [1.165, 1.54) is 24.3 Å². The quantitative estimate of drug-likeness (QED) is 0.262. The number of phenolic OH excluding ortho intramolecular Hbond substituents is 2. The Morgan fingerprint density at radius 3 is 2.33 bits per heavy atom. The van der Waals surface area contributed by atoms with E-state index in [2.05, 4.69) is 38.5 Å². The molecule has 14 heteroatoms. The Bertz CT molecular complexity index is 1230. The van der Waals surface area contributed by atoms with Gasteiger partial charge in [0.15, 0.2) is 16.6 Å². The molecule has 2 amide bonds. The Labute approximate surface area is 192 Å². The number of rotatable bonds is 6. The first-order valence-electron chi connectivity index (χ1n) is 9.20. The van der Waals surface area contributed by atoms with Gasteiger partial charge in [-0.15, -0.1) is 10.2 Å². The van der Waals surface area contributed by atoms with Gasteiger partial charge in [0.1, 0.15) is 6.04 Å². The number of fused-ring (bicyclic) bond motifs is 1. The van der Waals surface area contributed by atoms with Crippen LogP contribution < -0.4 is 10.6 Å². The second-order valence-electron chi connectivity index (χ2n) is 6.97. The molecule has 1 atom stereocenters. The largest absolute Gasteiger partial charge is 0.504 e. The van der Waals surface area contributed by atoms with Crippen LogP contribution in [0.15, 0.2) is 46.6 Å². The van der Waals surface area contributed by atoms with Gasteiger partial charge >= 0.3 is 11.8 Å². The highest BCUT2D eigenvalue weighted by atomic mass is 32.1. The number of aromatic hydroxyl groups is 2. The minimum absolute atomic E-state index is 0.0299. The number of aromatic nitrogens is 1. The molecule has 1 aliphatic heterocycles. The van der Waals surface area contributed by atoms with Gasteiger partial charge in [0, 0.05) is 29.0 Å². The van der Waals surface area contributed by atoms with Crippen molar-refractivity contribution in [3.05, 3.63) is 47.5 Å². The molecule has 3 aromatic rings. The summed E-state index contributed by atoms with van der Waals surface area (Å²) in [5.41, 5.74) is -2.42. The molecule has 2 aromatic carbocycles. The highest BCUT2D eigenvalue weighted by Gasteiger charge is 2.65. The predicted molar refractivity (Wildman–Crippen MR) is 116 cm³/mol. The third kappa shape index (κ3) is 4.30. The molecule has 0 bridgehead atoms. The molecule has 0 spiro atoms. The summed E-state index contributed by atoms with van der Waals surface area (Å²) in [6, 6.07) is 6.02. The molecule has 0 fully saturated rings. The van der Waals surface area contributed by atoms with Gasteiger partial charge in [0.05, 0.1) is 10.2 Å². The minimum Gasteiger partial charge on any atom is -0.504 e. The highest BCUT2D eigenvalue weighted by molar-refractivity contribution is 7.80. The number of halogens is 3. The van der Waals surface area contributed by atoms with E-state index in [0.29, 0.717) is 10.2 Å². The van der Waals surface area contributed by atoms with Crippen LogP contribution in [0.2, 0.25) is 0 Å². The van der Waals surface area contributed by atoms with Gasteiger partial charge in [-0.2, -0.15) is 25.8 Å². The summed E-state index contributed by atoms with van der Waals surface area (Å²) >= 11 is 5.11. The normalized spacial score (nSPS) is 15.3. The lowest BCUT2D eigenvalue weighted by atomic mass is 10.0. The first-order valence-corrected chi connectivity index (χ1v) is 10.7. The predicted octanol–water partition coefficient (Wildman–Crippen LogP) is 3.56. The number of thiol groups is 1. The van der Waals surface area contributed by atoms with Gasteiger partial charge in [-0.25, -0.2) is 4.98 Å². The fourth-order valence-corrected chi connectivity index (χ4v) is 4.07. The zero-order chi connectivity index (χ0) is 24.0. The number of phenols is 2. The Balaban J connectivity index is 1.43. The summed E-state index contributed by atoms with van der Waals surface area (Å²) in [6.45, 7) is 0. The van der Waals surface area contributed by atoms with Crippen LogP contribution in [0, 0.1) is 0 Å². The van der Waals surface area contributed by atoms with E-state index in [-0.39, 0.29) is 33.5 Å². The molecule has 0 saturated heterocycles. The summed E-state index contributed by atoms with van der Waals surface area (Å²) in [5, 5.41) is 30.5. The SMILES string of the molecule is O=C(N[C@H](CS)C(=O)Nc1nc2cc(O)c(O)cc2s1)c1ccc(C2(C(F)(F)F)N=N2)cc1. The number of anilines is 1. The van der Waals surface area contributed by atoms with E-state index >= 15 is 0 Å². The lowest BCUT2D eigenvalue weighted by Gasteiger charge is -2.17. The van der Waals surface area contributed by atoms with Crippen molar-refractivity contribution in [1.82, 2.24) is 10.3 Å². The second-order valence-corrected chi connectivity index (χ2v) is 8.37. The topological polar surface area (TPSA) is 136 Å². The van der Waals surface area contributed by atoms with E-state index in [9.17, 15) is 33.0 Å². The summed E-state index contributed by atoms with van der Waals surface area (Å²) in [4.78, 5) is 29.2. The van der Waals surface area contributed by atoms with Crippen molar-refractivity contribution in [2.75, 3.05) is 11.1 Å². The number of nitrogens with one attached hydrogen (secondary N) is 2. The first kappa shape index (κ1) is 22.8. The van der Waals surface area contributed by atoms with Crippen molar-refractivity contribution >= 4 is 51.1 Å². The van der Waals surface area contributed by atoms with Gasteiger partial charge in [0.2, 0.25) is 5.91 Å². The average Bonchev–Trinajstić information content (AvgIpc) is 3.50. The van der Waals surface area contributed by atoms with Crippen LogP contribution in [-0.2, 0) is 10.5 Å². The Hall–Kier alpha value is -3.39. The molecule has 172 valence electrons. The van der Waals surface area contributed by atoms with Crippen molar-refractivity contribution in [1.29, 1.82) is 0 Å². The van der Waals surface area contributed by atoms with Crippen LogP contribution in [0.5, 0.6) is 11.5 Å². The molecule has 1 aliphatic rings. The van der Waals surface area contributed by atoms with Crippen molar-refractivity contribution in [3.63, 3.8) is 0 Å². The maximum Gasteiger partial charge on any atom is 0.442 e. The number of alkyl halides is 3. The Morgan fingerprint density at radius 1 is 1.12 bits per heavy atom. The molecule has 33 heavy (non-hydrogen) atoms. The van der Waals surface area contributed by atoms with Gasteiger partial charge in [0.25, 0.3) is 5.91 Å². The van der Waals surface area contributed by atoms with Crippen LogP contribution in [-0.4, -0.2) is 45.0 Å². The minimum atomic E-state index is -4.68. The smallest absolute Gasteiger partial charge is 0.442 e. The molecule has 0 saturated carbocycles. The zero-order valence-electron chi connectivity index (χ0n) is 16.3. The maximum absolute atomic E-state index is 13.1. The van der Waals surface area contributed by atoms with Crippen LogP contribution in [0.1, 0.15) is 15.9 Å². The van der Waals surface area contributed by atoms with E-state index < -0.39 is 29.7 Å². The number of amides is 2. The van der Waals surface area contributed by atoms with Gasteiger partial charge in [-0.3, -0.25) is 9.59 Å². The number of benzene rings is 2. The number of carbonyl (C=O) groups excluding carboxylic acids is 2. The standard InChI is InChI=1S/C19H14F3N5O4S2/c20-19(21,22)18(26-27-18)9-3-1-8(2-4-9)15(30)23-11(7-32)16(31)25-17-24-10-5-12(28)13(29)6-14(10)33-17/h1-6,11,28-29,32H,7H2,(H,23,30)(H,24,25,31)/t11-/m1/s1. The third-order valence-corrected chi connectivity index (χ3v) is 6.06. The monoisotopic (exact) mass is 497 g/mol. The fourth-order valence-electron chi connectivity index (χ4n) is 2.93. The molecular formula is C19H14F3N5O4S2. The molecule has 0 unspecified atom stereocenters. The molecule has 1 aromatic heterocycles. The van der Waals surface area contributed by atoms with Gasteiger partial charge < -0.3 is 20.8 Å². The van der Waals surface area contributed by atoms with Crippen molar-refractivity contribution in [2.24, 2.45) is 10.2 Å². The highest BCUT2D eigenvalue weighted by Crippen LogP contribution is 2.52. The van der Waals surface area contributed by atoms with Crippen LogP contribution in [0.4, 0.5) is 18.3 Å². The molecule has 4 N–H and O–H groups in total. The van der Waals surface area contributed by atoms with Crippen molar-refractivity contribution < 1.29 is 33.0 Å². The summed E-state index contributed by atoms with van der Waals surface area (Å²) in [6.07, 6.45) is -4.68. The molecule has 0 radical (unpaired) electrons. The average molecular weight is 497 g/mol. The lowest BCUT2D eigenvalue weighted by molar-refractivity contribution is -0.166. The summed E-state index contributed by atoms with van der Waals surface area (Å²) in [5.74, 6) is -2.09. The maximum atomic E-state index is 13.1. The lowest BCUT2D eigenvalue weighted by Crippen LogP contribution is -2.45. The number of hydrogen-bond acceptors (Lipinski definition) is 9. The van der Waals surface area contributed by atoms with Gasteiger partial charge in [-0.05, 0) is 12.1 Å². The molecular weight excluding hydrogens is 483 g/mol. The third-order valence-electron chi connectivity index (χ3n) is 4.76. The molecule has 4 rings (SSSR count). The van der Waals surface area contributed by atoms with Gasteiger partial charge in [-0.1, -0.05) is 23.5 Å². The fraction of sp³-hybridized carbons (Fsp3) is 0.211. The van der Waals surface area contributed by atoms with Crippen LogP contribution in [0.3, 0.4) is 0 Å². The van der Waals surface area contributed by atoms with E-state index in [1.807, 2.05) is 0 Å². The number of thiazole rings is 1. The molecule has 9 nitrogen and oxygen atoms in total. The summed E-state index contributed by atoms with van der Waals surface area (Å²) in [7, 11) is 0. The number of hydrogen-bond donors (Lipinski definition) is 5. The number of carbonyl (C=O) groups is 2. The number of nitrogens with zero attached hydrogens (tertiary/aromatic N) is 3.